The highest BCUT2D eigenvalue weighted by Crippen LogP contribution is 2.18. The summed E-state index contributed by atoms with van der Waals surface area (Å²) in [6, 6.07) is 8.75. The molecule has 0 saturated heterocycles. The number of urea groups is 1. The van der Waals surface area contributed by atoms with Crippen LogP contribution in [0, 0.1) is 6.92 Å². The van der Waals surface area contributed by atoms with Crippen molar-refractivity contribution in [1.29, 1.82) is 0 Å². The number of carbonyl (C=O) groups excluding carboxylic acids is 1. The average molecular weight is 298 g/mol. The standard InChI is InChI=1S/C14H14N6O2/c1-10-4-5-11(7-13(10)20-9-16-18-19-20)17-14(21)15-8-12-3-2-6-22-12/h2-7,9H,8H2,1H3,(H2,15,17,21). The van der Waals surface area contributed by atoms with Crippen LogP contribution in [0.4, 0.5) is 10.5 Å². The lowest BCUT2D eigenvalue weighted by Crippen LogP contribution is -2.28. The predicted molar refractivity (Wildman–Crippen MR) is 78.5 cm³/mol. The largest absolute Gasteiger partial charge is 0.467 e. The van der Waals surface area contributed by atoms with E-state index >= 15 is 0 Å². The molecule has 0 fully saturated rings. The first-order valence-electron chi connectivity index (χ1n) is 6.63. The molecule has 8 nitrogen and oxygen atoms in total. The fourth-order valence-corrected chi connectivity index (χ4v) is 1.96. The minimum atomic E-state index is -0.317. The van der Waals surface area contributed by atoms with Crippen molar-refractivity contribution in [2.24, 2.45) is 0 Å². The van der Waals surface area contributed by atoms with E-state index in [2.05, 4.69) is 26.2 Å². The Labute approximate surface area is 126 Å². The fraction of sp³-hybridized carbons (Fsp3) is 0.143. The molecule has 2 amide bonds. The van der Waals surface area contributed by atoms with Crippen LogP contribution in [-0.2, 0) is 6.54 Å². The molecule has 2 aromatic heterocycles. The van der Waals surface area contributed by atoms with Gasteiger partial charge in [0.25, 0.3) is 0 Å². The molecule has 0 spiro atoms. The third-order valence-corrected chi connectivity index (χ3v) is 3.07. The smallest absolute Gasteiger partial charge is 0.319 e. The molecule has 0 aliphatic rings. The molecule has 0 aliphatic carbocycles. The van der Waals surface area contributed by atoms with Gasteiger partial charge in [0.05, 0.1) is 18.5 Å². The first-order valence-corrected chi connectivity index (χ1v) is 6.63. The Balaban J connectivity index is 1.67. The lowest BCUT2D eigenvalue weighted by Gasteiger charge is -2.10. The number of benzene rings is 1. The van der Waals surface area contributed by atoms with Crippen LogP contribution in [0.5, 0.6) is 0 Å². The maximum atomic E-state index is 11.9. The van der Waals surface area contributed by atoms with Crippen LogP contribution in [0.2, 0.25) is 0 Å². The molecular weight excluding hydrogens is 284 g/mol. The van der Waals surface area contributed by atoms with E-state index in [4.69, 9.17) is 4.42 Å². The molecule has 2 heterocycles. The summed E-state index contributed by atoms with van der Waals surface area (Å²) < 4.78 is 6.69. The van der Waals surface area contributed by atoms with E-state index in [-0.39, 0.29) is 6.03 Å². The van der Waals surface area contributed by atoms with Crippen LogP contribution in [0.25, 0.3) is 5.69 Å². The fourth-order valence-electron chi connectivity index (χ4n) is 1.96. The van der Waals surface area contributed by atoms with Gasteiger partial charge in [0.1, 0.15) is 12.1 Å². The maximum Gasteiger partial charge on any atom is 0.319 e. The van der Waals surface area contributed by atoms with E-state index < -0.39 is 0 Å². The molecule has 22 heavy (non-hydrogen) atoms. The van der Waals surface area contributed by atoms with E-state index in [1.54, 1.807) is 29.1 Å². The zero-order valence-electron chi connectivity index (χ0n) is 11.9. The Morgan fingerprint density at radius 3 is 3.00 bits per heavy atom. The molecule has 3 aromatic rings. The van der Waals surface area contributed by atoms with E-state index in [1.165, 1.54) is 6.33 Å². The van der Waals surface area contributed by atoms with Gasteiger partial charge in [0, 0.05) is 5.69 Å². The Kier molecular flexibility index (Phi) is 3.82. The molecule has 3 rings (SSSR count). The third kappa shape index (κ3) is 3.11. The van der Waals surface area contributed by atoms with Gasteiger partial charge in [-0.05, 0) is 47.2 Å². The molecule has 8 heteroatoms. The summed E-state index contributed by atoms with van der Waals surface area (Å²) >= 11 is 0. The van der Waals surface area contributed by atoms with Crippen LogP contribution in [0.15, 0.2) is 47.3 Å². The first-order chi connectivity index (χ1) is 10.7. The van der Waals surface area contributed by atoms with Gasteiger partial charge in [-0.2, -0.15) is 0 Å². The van der Waals surface area contributed by atoms with Gasteiger partial charge in [0.15, 0.2) is 0 Å². The van der Waals surface area contributed by atoms with Crippen molar-refractivity contribution in [3.05, 3.63) is 54.2 Å². The molecule has 112 valence electrons. The van der Waals surface area contributed by atoms with Crippen molar-refractivity contribution in [3.63, 3.8) is 0 Å². The summed E-state index contributed by atoms with van der Waals surface area (Å²) in [5.74, 6) is 0.688. The van der Waals surface area contributed by atoms with Gasteiger partial charge < -0.3 is 15.1 Å². The summed E-state index contributed by atoms with van der Waals surface area (Å²) in [4.78, 5) is 11.9. The summed E-state index contributed by atoms with van der Waals surface area (Å²) in [5, 5.41) is 16.5. The number of anilines is 1. The zero-order chi connectivity index (χ0) is 15.4. The molecule has 2 N–H and O–H groups in total. The van der Waals surface area contributed by atoms with Crippen LogP contribution in [-0.4, -0.2) is 26.2 Å². The Hall–Kier alpha value is -3.16. The van der Waals surface area contributed by atoms with Crippen LogP contribution >= 0.6 is 0 Å². The van der Waals surface area contributed by atoms with Crippen LogP contribution in [0.1, 0.15) is 11.3 Å². The Bertz CT molecular complexity index is 752. The first kappa shape index (κ1) is 13.8. The predicted octanol–water partition coefficient (Wildman–Crippen LogP) is 1.89. The number of furan rings is 1. The van der Waals surface area contributed by atoms with Crippen molar-refractivity contribution in [1.82, 2.24) is 25.5 Å². The second-order valence-corrected chi connectivity index (χ2v) is 4.64. The monoisotopic (exact) mass is 298 g/mol. The van der Waals surface area contributed by atoms with Crippen molar-refractivity contribution in [3.8, 4) is 5.69 Å². The van der Waals surface area contributed by atoms with Crippen LogP contribution < -0.4 is 10.6 Å². The summed E-state index contributed by atoms with van der Waals surface area (Å²) in [7, 11) is 0. The normalized spacial score (nSPS) is 10.4. The van der Waals surface area contributed by atoms with Gasteiger partial charge in [-0.15, -0.1) is 5.10 Å². The molecule has 0 radical (unpaired) electrons. The third-order valence-electron chi connectivity index (χ3n) is 3.07. The summed E-state index contributed by atoms with van der Waals surface area (Å²) in [6.45, 7) is 2.27. The average Bonchev–Trinajstić information content (AvgIpc) is 3.20. The lowest BCUT2D eigenvalue weighted by molar-refractivity contribution is 0.251. The minimum Gasteiger partial charge on any atom is -0.467 e. The highest BCUT2D eigenvalue weighted by atomic mass is 16.3. The van der Waals surface area contributed by atoms with Crippen molar-refractivity contribution in [2.75, 3.05) is 5.32 Å². The highest BCUT2D eigenvalue weighted by Gasteiger charge is 2.07. The highest BCUT2D eigenvalue weighted by molar-refractivity contribution is 5.89. The van der Waals surface area contributed by atoms with E-state index in [0.717, 1.165) is 11.3 Å². The number of hydrogen-bond donors (Lipinski definition) is 2. The number of amides is 2. The molecule has 0 aliphatic heterocycles. The number of carbonyl (C=O) groups is 1. The summed E-state index contributed by atoms with van der Waals surface area (Å²) in [6.07, 6.45) is 3.07. The van der Waals surface area contributed by atoms with Crippen LogP contribution in [0.3, 0.4) is 0 Å². The number of rotatable bonds is 4. The van der Waals surface area contributed by atoms with Crippen molar-refractivity contribution < 1.29 is 9.21 Å². The number of nitrogens with one attached hydrogen (secondary N) is 2. The van der Waals surface area contributed by atoms with E-state index in [0.29, 0.717) is 18.0 Å². The zero-order valence-corrected chi connectivity index (χ0v) is 11.9. The SMILES string of the molecule is Cc1ccc(NC(=O)NCc2ccco2)cc1-n1cnnn1. The second kappa shape index (κ2) is 6.08. The molecule has 1 aromatic carbocycles. The minimum absolute atomic E-state index is 0.317. The molecule has 0 saturated carbocycles. The number of aryl methyl sites for hydroxylation is 1. The summed E-state index contributed by atoms with van der Waals surface area (Å²) in [5.41, 5.74) is 2.44. The van der Waals surface area contributed by atoms with Crippen molar-refractivity contribution >= 4 is 11.7 Å². The topological polar surface area (TPSA) is 97.9 Å². The lowest BCUT2D eigenvalue weighted by atomic mass is 10.2. The van der Waals surface area contributed by atoms with Gasteiger partial charge in [0.2, 0.25) is 0 Å². The molecule has 0 bridgehead atoms. The number of hydrogen-bond acceptors (Lipinski definition) is 5. The quantitative estimate of drug-likeness (QED) is 0.766. The van der Waals surface area contributed by atoms with Gasteiger partial charge in [-0.1, -0.05) is 6.07 Å². The van der Waals surface area contributed by atoms with Gasteiger partial charge in [-0.3, -0.25) is 0 Å². The molecule has 0 atom stereocenters. The second-order valence-electron chi connectivity index (χ2n) is 4.64. The van der Waals surface area contributed by atoms with Gasteiger partial charge in [-0.25, -0.2) is 9.48 Å². The van der Waals surface area contributed by atoms with E-state index in [1.807, 2.05) is 19.1 Å². The Morgan fingerprint density at radius 2 is 2.27 bits per heavy atom. The number of nitrogens with zero attached hydrogens (tertiary/aromatic N) is 4. The molecular formula is C14H14N6O2. The molecule has 0 unspecified atom stereocenters. The van der Waals surface area contributed by atoms with Gasteiger partial charge >= 0.3 is 6.03 Å². The maximum absolute atomic E-state index is 11.9. The number of aromatic nitrogens is 4. The van der Waals surface area contributed by atoms with Crippen molar-refractivity contribution in [2.45, 2.75) is 13.5 Å². The number of tetrazole rings is 1. The van der Waals surface area contributed by atoms with E-state index in [9.17, 15) is 4.79 Å². The Morgan fingerprint density at radius 1 is 1.36 bits per heavy atom.